The number of alkyl halides is 3. The summed E-state index contributed by atoms with van der Waals surface area (Å²) in [5.41, 5.74) is 1.37. The van der Waals surface area contributed by atoms with Gasteiger partial charge in [0.2, 0.25) is 5.54 Å². The van der Waals surface area contributed by atoms with Gasteiger partial charge < -0.3 is 10.8 Å². The van der Waals surface area contributed by atoms with E-state index in [-0.39, 0.29) is 15.6 Å². The topological polar surface area (TPSA) is 63.3 Å². The number of carboxylic acid groups (broad SMARTS) is 1. The normalized spacial score (nSPS) is 15.2. The second kappa shape index (κ2) is 4.95. The van der Waals surface area contributed by atoms with Crippen LogP contribution in [0.4, 0.5) is 13.2 Å². The molecule has 1 aromatic rings. The number of aliphatic carboxylic acids is 1. The molecule has 0 aliphatic carbocycles. The molecule has 0 radical (unpaired) electrons. The van der Waals surface area contributed by atoms with E-state index >= 15 is 0 Å². The molecule has 0 spiro atoms. The molecule has 18 heavy (non-hydrogen) atoms. The van der Waals surface area contributed by atoms with Crippen molar-refractivity contribution in [3.8, 4) is 0 Å². The second-order valence-corrected chi connectivity index (χ2v) is 4.47. The summed E-state index contributed by atoms with van der Waals surface area (Å²) in [6.07, 6.45) is -6.16. The molecule has 3 N–H and O–H groups in total. The summed E-state index contributed by atoms with van der Waals surface area (Å²) in [6.45, 7) is 0. The molecule has 1 rings (SSSR count). The highest BCUT2D eigenvalue weighted by atomic mass is 35.5. The second-order valence-electron chi connectivity index (χ2n) is 3.65. The zero-order chi connectivity index (χ0) is 14.1. The van der Waals surface area contributed by atoms with Gasteiger partial charge in [-0.1, -0.05) is 29.3 Å². The molecule has 1 atom stereocenters. The lowest BCUT2D eigenvalue weighted by atomic mass is 9.91. The highest BCUT2D eigenvalue weighted by Gasteiger charge is 2.58. The van der Waals surface area contributed by atoms with Crippen molar-refractivity contribution < 1.29 is 23.1 Å². The highest BCUT2D eigenvalue weighted by molar-refractivity contribution is 6.36. The number of hydrogen-bond donors (Lipinski definition) is 2. The molecule has 0 saturated heterocycles. The fourth-order valence-corrected chi connectivity index (χ4v) is 1.81. The van der Waals surface area contributed by atoms with Crippen LogP contribution in [0.1, 0.15) is 5.56 Å². The van der Waals surface area contributed by atoms with Crippen LogP contribution in [-0.4, -0.2) is 22.8 Å². The van der Waals surface area contributed by atoms with Crippen LogP contribution in [-0.2, 0) is 11.2 Å². The van der Waals surface area contributed by atoms with Crippen LogP contribution in [0, 0.1) is 0 Å². The molecule has 100 valence electrons. The summed E-state index contributed by atoms with van der Waals surface area (Å²) < 4.78 is 38.1. The lowest BCUT2D eigenvalue weighted by molar-refractivity contribution is -0.201. The third-order valence-corrected chi connectivity index (χ3v) is 3.11. The van der Waals surface area contributed by atoms with E-state index in [9.17, 15) is 18.0 Å². The third kappa shape index (κ3) is 2.71. The van der Waals surface area contributed by atoms with E-state index in [1.807, 2.05) is 0 Å². The first-order valence-electron chi connectivity index (χ1n) is 4.61. The van der Waals surface area contributed by atoms with E-state index in [0.29, 0.717) is 0 Å². The molecule has 3 nitrogen and oxygen atoms in total. The molecule has 0 aliphatic heterocycles. The van der Waals surface area contributed by atoms with Gasteiger partial charge >= 0.3 is 12.1 Å². The van der Waals surface area contributed by atoms with Crippen LogP contribution in [0.3, 0.4) is 0 Å². The molecule has 1 unspecified atom stereocenters. The standard InChI is InChI=1S/C10H8Cl2F3NO2/c11-6-2-1-3-7(12)5(6)4-9(16,8(17)18)10(13,14)15/h1-3H,4,16H2,(H,17,18). The highest BCUT2D eigenvalue weighted by Crippen LogP contribution is 2.35. The maximum Gasteiger partial charge on any atom is 0.417 e. The maximum atomic E-state index is 12.7. The number of benzene rings is 1. The van der Waals surface area contributed by atoms with Crippen molar-refractivity contribution in [1.29, 1.82) is 0 Å². The number of nitrogens with two attached hydrogens (primary N) is 1. The van der Waals surface area contributed by atoms with Crippen molar-refractivity contribution in [2.75, 3.05) is 0 Å². The molecule has 1 aromatic carbocycles. The Morgan fingerprint density at radius 2 is 1.72 bits per heavy atom. The Bertz CT molecular complexity index is 458. The van der Waals surface area contributed by atoms with Crippen molar-refractivity contribution in [1.82, 2.24) is 0 Å². The van der Waals surface area contributed by atoms with Crippen molar-refractivity contribution in [2.24, 2.45) is 5.73 Å². The molecule has 0 fully saturated rings. The van der Waals surface area contributed by atoms with Crippen LogP contribution < -0.4 is 5.73 Å². The van der Waals surface area contributed by atoms with E-state index in [4.69, 9.17) is 34.0 Å². The minimum Gasteiger partial charge on any atom is -0.480 e. The van der Waals surface area contributed by atoms with Crippen LogP contribution in [0.2, 0.25) is 10.0 Å². The van der Waals surface area contributed by atoms with Crippen molar-refractivity contribution in [3.05, 3.63) is 33.8 Å². The minimum absolute atomic E-state index is 0.0668. The van der Waals surface area contributed by atoms with Crippen LogP contribution in [0.5, 0.6) is 0 Å². The third-order valence-electron chi connectivity index (χ3n) is 2.40. The van der Waals surface area contributed by atoms with Crippen LogP contribution in [0.15, 0.2) is 18.2 Å². The number of carbonyl (C=O) groups is 1. The van der Waals surface area contributed by atoms with Gasteiger partial charge in [-0.05, 0) is 17.7 Å². The summed E-state index contributed by atoms with van der Waals surface area (Å²) in [4.78, 5) is 10.8. The molecule has 0 saturated carbocycles. The first-order chi connectivity index (χ1) is 8.09. The summed E-state index contributed by atoms with van der Waals surface area (Å²) >= 11 is 11.4. The predicted octanol–water partition coefficient (Wildman–Crippen LogP) is 2.88. The number of rotatable bonds is 3. The van der Waals surface area contributed by atoms with Crippen molar-refractivity contribution in [3.63, 3.8) is 0 Å². The van der Waals surface area contributed by atoms with Crippen molar-refractivity contribution in [2.45, 2.75) is 18.1 Å². The van der Waals surface area contributed by atoms with Crippen LogP contribution in [0.25, 0.3) is 0 Å². The molecule has 0 bridgehead atoms. The summed E-state index contributed by atoms with van der Waals surface area (Å²) in [5, 5.41) is 8.55. The molecular weight excluding hydrogens is 294 g/mol. The largest absolute Gasteiger partial charge is 0.480 e. The predicted molar refractivity (Wildman–Crippen MR) is 60.8 cm³/mol. The number of hydrogen-bond acceptors (Lipinski definition) is 2. The molecular formula is C10H8Cl2F3NO2. The molecule has 0 heterocycles. The number of carboxylic acids is 1. The molecule has 8 heteroatoms. The molecule has 0 aromatic heterocycles. The van der Waals surface area contributed by atoms with Crippen molar-refractivity contribution >= 4 is 29.2 Å². The lowest BCUT2D eigenvalue weighted by Gasteiger charge is -2.28. The average Bonchev–Trinajstić information content (AvgIpc) is 2.21. The summed E-state index contributed by atoms with van der Waals surface area (Å²) in [5.74, 6) is -2.19. The van der Waals surface area contributed by atoms with Gasteiger partial charge in [0.05, 0.1) is 0 Å². The number of halogens is 5. The first kappa shape index (κ1) is 15.1. The first-order valence-corrected chi connectivity index (χ1v) is 5.37. The summed E-state index contributed by atoms with van der Waals surface area (Å²) in [6, 6.07) is 4.05. The lowest BCUT2D eigenvalue weighted by Crippen LogP contribution is -2.61. The Morgan fingerprint density at radius 3 is 2.06 bits per heavy atom. The van der Waals surface area contributed by atoms with Gasteiger partial charge in [-0.3, -0.25) is 0 Å². The average molecular weight is 302 g/mol. The van der Waals surface area contributed by atoms with E-state index in [0.717, 1.165) is 0 Å². The van der Waals surface area contributed by atoms with Gasteiger partial charge in [-0.2, -0.15) is 13.2 Å². The Kier molecular flexibility index (Phi) is 4.15. The van der Waals surface area contributed by atoms with Gasteiger partial charge in [-0.25, -0.2) is 4.79 Å². The fourth-order valence-electron chi connectivity index (χ4n) is 1.28. The Morgan fingerprint density at radius 1 is 1.28 bits per heavy atom. The zero-order valence-corrected chi connectivity index (χ0v) is 10.3. The Balaban J connectivity index is 3.25. The Hall–Kier alpha value is -0.980. The monoisotopic (exact) mass is 301 g/mol. The smallest absolute Gasteiger partial charge is 0.417 e. The van der Waals surface area contributed by atoms with E-state index in [1.165, 1.54) is 18.2 Å². The van der Waals surface area contributed by atoms with Gasteiger partial charge in [0.15, 0.2) is 0 Å². The Labute approximate surface area is 110 Å². The van der Waals surface area contributed by atoms with E-state index in [1.54, 1.807) is 0 Å². The SMILES string of the molecule is NC(Cc1c(Cl)cccc1Cl)(C(=O)O)C(F)(F)F. The fraction of sp³-hybridized carbons (Fsp3) is 0.300. The van der Waals surface area contributed by atoms with E-state index in [2.05, 4.69) is 0 Å². The van der Waals surface area contributed by atoms with Gasteiger partial charge in [0.1, 0.15) is 0 Å². The quantitative estimate of drug-likeness (QED) is 0.902. The molecule has 0 aliphatic rings. The minimum atomic E-state index is -5.12. The van der Waals surface area contributed by atoms with Gasteiger partial charge in [0, 0.05) is 16.5 Å². The van der Waals surface area contributed by atoms with Gasteiger partial charge in [0.25, 0.3) is 0 Å². The summed E-state index contributed by atoms with van der Waals surface area (Å²) in [7, 11) is 0. The zero-order valence-electron chi connectivity index (χ0n) is 8.76. The molecule has 0 amide bonds. The van der Waals surface area contributed by atoms with Crippen LogP contribution >= 0.6 is 23.2 Å². The van der Waals surface area contributed by atoms with E-state index < -0.39 is 24.1 Å². The van der Waals surface area contributed by atoms with Gasteiger partial charge in [-0.15, -0.1) is 0 Å². The maximum absolute atomic E-state index is 12.7.